The molecule has 0 aliphatic carbocycles. The van der Waals surface area contributed by atoms with Crippen LogP contribution in [0.3, 0.4) is 0 Å². The van der Waals surface area contributed by atoms with Crippen molar-refractivity contribution in [3.63, 3.8) is 0 Å². The lowest BCUT2D eigenvalue weighted by Gasteiger charge is -2.21. The van der Waals surface area contributed by atoms with E-state index in [-0.39, 0.29) is 5.75 Å². The van der Waals surface area contributed by atoms with Crippen LogP contribution in [0.15, 0.2) is 54.6 Å². The second-order valence-corrected chi connectivity index (χ2v) is 7.59. The Hall–Kier alpha value is -3.18. The molecule has 0 saturated carbocycles. The molecule has 3 aromatic carbocycles. The fourth-order valence-electron chi connectivity index (χ4n) is 3.79. The highest BCUT2D eigenvalue weighted by atomic mass is 16.5. The SMILES string of the molecule is COc1ccc(O)c(CN2CCOc3c(cc(-c4ccc(C)cc4)cc3OC)C2)c1. The van der Waals surface area contributed by atoms with Crippen LogP contribution >= 0.6 is 0 Å². The van der Waals surface area contributed by atoms with Crippen molar-refractivity contribution in [2.24, 2.45) is 0 Å². The molecule has 1 aliphatic heterocycles. The van der Waals surface area contributed by atoms with Crippen LogP contribution in [0.5, 0.6) is 23.0 Å². The molecule has 1 aliphatic rings. The fourth-order valence-corrected chi connectivity index (χ4v) is 3.79. The lowest BCUT2D eigenvalue weighted by atomic mass is 10.0. The first-order valence-electron chi connectivity index (χ1n) is 10.1. The van der Waals surface area contributed by atoms with Crippen LogP contribution in [-0.4, -0.2) is 37.4 Å². The Bertz CT molecular complexity index is 1030. The lowest BCUT2D eigenvalue weighted by molar-refractivity contribution is 0.215. The number of fused-ring (bicyclic) bond motifs is 1. The molecule has 0 atom stereocenters. The summed E-state index contributed by atoms with van der Waals surface area (Å²) in [6.45, 7) is 4.68. The van der Waals surface area contributed by atoms with Crippen LogP contribution in [0.25, 0.3) is 11.1 Å². The number of phenols is 1. The molecule has 0 radical (unpaired) electrons. The number of nitrogens with zero attached hydrogens (tertiary/aromatic N) is 1. The van der Waals surface area contributed by atoms with E-state index in [1.807, 2.05) is 12.1 Å². The predicted molar refractivity (Wildman–Crippen MR) is 117 cm³/mol. The van der Waals surface area contributed by atoms with Crippen molar-refractivity contribution in [1.29, 1.82) is 0 Å². The minimum atomic E-state index is 0.271. The molecular formula is C25H27NO4. The molecule has 0 bridgehead atoms. The summed E-state index contributed by atoms with van der Waals surface area (Å²) in [7, 11) is 3.31. The Morgan fingerprint density at radius 1 is 0.967 bits per heavy atom. The van der Waals surface area contributed by atoms with Crippen LogP contribution in [-0.2, 0) is 13.1 Å². The molecule has 5 heteroatoms. The zero-order valence-electron chi connectivity index (χ0n) is 17.6. The average molecular weight is 405 g/mol. The summed E-state index contributed by atoms with van der Waals surface area (Å²) in [6.07, 6.45) is 0. The average Bonchev–Trinajstić information content (AvgIpc) is 2.96. The van der Waals surface area contributed by atoms with E-state index in [1.165, 1.54) is 5.56 Å². The van der Waals surface area contributed by atoms with Crippen molar-refractivity contribution >= 4 is 0 Å². The van der Waals surface area contributed by atoms with Crippen LogP contribution in [0, 0.1) is 6.92 Å². The number of hydrogen-bond donors (Lipinski definition) is 1. The van der Waals surface area contributed by atoms with Crippen LogP contribution < -0.4 is 14.2 Å². The van der Waals surface area contributed by atoms with E-state index in [1.54, 1.807) is 26.4 Å². The first-order valence-corrected chi connectivity index (χ1v) is 10.1. The molecule has 30 heavy (non-hydrogen) atoms. The van der Waals surface area contributed by atoms with Gasteiger partial charge in [-0.2, -0.15) is 0 Å². The van der Waals surface area contributed by atoms with E-state index in [0.29, 0.717) is 19.7 Å². The molecule has 156 valence electrons. The van der Waals surface area contributed by atoms with Crippen molar-refractivity contribution in [1.82, 2.24) is 4.90 Å². The van der Waals surface area contributed by atoms with E-state index in [0.717, 1.165) is 46.0 Å². The molecular weight excluding hydrogens is 378 g/mol. The quantitative estimate of drug-likeness (QED) is 0.662. The van der Waals surface area contributed by atoms with Gasteiger partial charge in [-0.3, -0.25) is 4.90 Å². The van der Waals surface area contributed by atoms with Crippen molar-refractivity contribution in [2.75, 3.05) is 27.4 Å². The van der Waals surface area contributed by atoms with Gasteiger partial charge in [0, 0.05) is 30.8 Å². The Balaban J connectivity index is 1.66. The summed E-state index contributed by atoms with van der Waals surface area (Å²) < 4.78 is 17.0. The summed E-state index contributed by atoms with van der Waals surface area (Å²) in [4.78, 5) is 2.26. The molecule has 0 saturated heterocycles. The Labute approximate surface area is 177 Å². The maximum Gasteiger partial charge on any atom is 0.165 e. The fraction of sp³-hybridized carbons (Fsp3) is 0.280. The minimum Gasteiger partial charge on any atom is -0.508 e. The van der Waals surface area contributed by atoms with Gasteiger partial charge in [-0.15, -0.1) is 0 Å². The van der Waals surface area contributed by atoms with Crippen LogP contribution in [0.2, 0.25) is 0 Å². The third kappa shape index (κ3) is 4.21. The maximum absolute atomic E-state index is 10.3. The highest BCUT2D eigenvalue weighted by Gasteiger charge is 2.21. The number of rotatable bonds is 5. The minimum absolute atomic E-state index is 0.271. The topological polar surface area (TPSA) is 51.2 Å². The molecule has 1 N–H and O–H groups in total. The molecule has 5 nitrogen and oxygen atoms in total. The zero-order valence-corrected chi connectivity index (χ0v) is 17.6. The first-order chi connectivity index (χ1) is 14.6. The molecule has 0 fully saturated rings. The van der Waals surface area contributed by atoms with Gasteiger partial charge in [0.05, 0.1) is 14.2 Å². The highest BCUT2D eigenvalue weighted by Crippen LogP contribution is 2.39. The molecule has 0 aromatic heterocycles. The summed E-state index contributed by atoms with van der Waals surface area (Å²) in [5.41, 5.74) is 5.38. The number of methoxy groups -OCH3 is 2. The summed E-state index contributed by atoms with van der Waals surface area (Å²) in [5, 5.41) is 10.3. The number of hydrogen-bond acceptors (Lipinski definition) is 5. The van der Waals surface area contributed by atoms with E-state index in [4.69, 9.17) is 14.2 Å². The van der Waals surface area contributed by atoms with Gasteiger partial charge in [0.25, 0.3) is 0 Å². The third-order valence-corrected chi connectivity index (χ3v) is 5.47. The van der Waals surface area contributed by atoms with Gasteiger partial charge in [0.15, 0.2) is 11.5 Å². The van der Waals surface area contributed by atoms with Gasteiger partial charge in [0.2, 0.25) is 0 Å². The summed E-state index contributed by atoms with van der Waals surface area (Å²) >= 11 is 0. The number of benzene rings is 3. The second-order valence-electron chi connectivity index (χ2n) is 7.59. The molecule has 0 unspecified atom stereocenters. The van der Waals surface area contributed by atoms with Gasteiger partial charge in [0.1, 0.15) is 18.1 Å². The Morgan fingerprint density at radius 3 is 2.50 bits per heavy atom. The monoisotopic (exact) mass is 405 g/mol. The van der Waals surface area contributed by atoms with Crippen molar-refractivity contribution in [3.05, 3.63) is 71.3 Å². The van der Waals surface area contributed by atoms with Crippen LogP contribution in [0.1, 0.15) is 16.7 Å². The molecule has 3 aromatic rings. The van der Waals surface area contributed by atoms with E-state index in [9.17, 15) is 5.11 Å². The predicted octanol–water partition coefficient (Wildman–Crippen LogP) is 4.78. The molecule has 0 amide bonds. The van der Waals surface area contributed by atoms with Crippen molar-refractivity contribution < 1.29 is 19.3 Å². The van der Waals surface area contributed by atoms with Crippen LogP contribution in [0.4, 0.5) is 0 Å². The number of phenolic OH excluding ortho intramolecular Hbond substituents is 1. The van der Waals surface area contributed by atoms with Gasteiger partial charge < -0.3 is 19.3 Å². The second kappa shape index (κ2) is 8.67. The standard InChI is InChI=1S/C25H27NO4/c1-17-4-6-18(7-5-17)19-12-21-16-26(10-11-30-25(21)24(14-19)29-3)15-20-13-22(28-2)8-9-23(20)27/h4-9,12-14,27H,10-11,15-16H2,1-3H3. The zero-order chi connectivity index (χ0) is 21.1. The smallest absolute Gasteiger partial charge is 0.165 e. The highest BCUT2D eigenvalue weighted by molar-refractivity contribution is 5.69. The van der Waals surface area contributed by atoms with E-state index >= 15 is 0 Å². The van der Waals surface area contributed by atoms with E-state index < -0.39 is 0 Å². The van der Waals surface area contributed by atoms with Gasteiger partial charge in [-0.05, 0) is 48.4 Å². The van der Waals surface area contributed by atoms with Gasteiger partial charge >= 0.3 is 0 Å². The number of aromatic hydroxyl groups is 1. The summed E-state index contributed by atoms with van der Waals surface area (Å²) in [6, 6.07) is 18.0. The summed E-state index contributed by atoms with van der Waals surface area (Å²) in [5.74, 6) is 2.55. The maximum atomic E-state index is 10.3. The number of aryl methyl sites for hydroxylation is 1. The largest absolute Gasteiger partial charge is 0.508 e. The van der Waals surface area contributed by atoms with Crippen molar-refractivity contribution in [2.45, 2.75) is 20.0 Å². The van der Waals surface area contributed by atoms with E-state index in [2.05, 4.69) is 42.2 Å². The lowest BCUT2D eigenvalue weighted by Crippen LogP contribution is -2.25. The molecule has 4 rings (SSSR count). The molecule has 0 spiro atoms. The Kier molecular flexibility index (Phi) is 5.81. The normalized spacial score (nSPS) is 13.8. The first kappa shape index (κ1) is 20.1. The molecule has 1 heterocycles. The van der Waals surface area contributed by atoms with Gasteiger partial charge in [-0.25, -0.2) is 0 Å². The third-order valence-electron chi connectivity index (χ3n) is 5.47. The van der Waals surface area contributed by atoms with Crippen molar-refractivity contribution in [3.8, 4) is 34.1 Å². The number of ether oxygens (including phenoxy) is 3. The Morgan fingerprint density at radius 2 is 1.77 bits per heavy atom. The van der Waals surface area contributed by atoms with Gasteiger partial charge in [-0.1, -0.05) is 29.8 Å².